The molecule has 0 aliphatic carbocycles. The Morgan fingerprint density at radius 2 is 2.33 bits per heavy atom. The highest BCUT2D eigenvalue weighted by atomic mass is 16.5. The highest BCUT2D eigenvalue weighted by Gasteiger charge is 2.28. The van der Waals surface area contributed by atoms with E-state index in [1.807, 2.05) is 13.0 Å². The van der Waals surface area contributed by atoms with Crippen molar-refractivity contribution in [2.24, 2.45) is 0 Å². The van der Waals surface area contributed by atoms with E-state index in [1.54, 1.807) is 6.26 Å². The summed E-state index contributed by atoms with van der Waals surface area (Å²) in [5.41, 5.74) is 1.04. The van der Waals surface area contributed by atoms with Gasteiger partial charge in [-0.05, 0) is 18.6 Å². The van der Waals surface area contributed by atoms with Crippen LogP contribution in [0.3, 0.4) is 0 Å². The molecule has 12 heavy (non-hydrogen) atoms. The molecule has 0 saturated carbocycles. The van der Waals surface area contributed by atoms with Gasteiger partial charge in [-0.25, -0.2) is 0 Å². The van der Waals surface area contributed by atoms with E-state index in [9.17, 15) is 5.11 Å². The van der Waals surface area contributed by atoms with Crippen molar-refractivity contribution in [3.8, 4) is 0 Å². The van der Waals surface area contributed by atoms with Crippen molar-refractivity contribution in [2.45, 2.75) is 18.9 Å². The fraction of sp³-hybridized carbons (Fsp3) is 0.556. The molecule has 1 fully saturated rings. The maximum Gasteiger partial charge on any atom is 0.100 e. The summed E-state index contributed by atoms with van der Waals surface area (Å²) in [6.07, 6.45) is 1.32. The normalized spacial score (nSPS) is 29.5. The van der Waals surface area contributed by atoms with Gasteiger partial charge in [-0.3, -0.25) is 0 Å². The monoisotopic (exact) mass is 168 g/mol. The van der Waals surface area contributed by atoms with Crippen LogP contribution in [0.5, 0.6) is 0 Å². The SMILES string of the molecule is Cc1cc([C@@H]2COC[C@H]2O)co1. The van der Waals surface area contributed by atoms with E-state index in [0.29, 0.717) is 13.2 Å². The summed E-state index contributed by atoms with van der Waals surface area (Å²) in [5.74, 6) is 0.978. The Hall–Kier alpha value is -0.800. The van der Waals surface area contributed by atoms with Crippen LogP contribution in [0.15, 0.2) is 16.7 Å². The fourth-order valence-corrected chi connectivity index (χ4v) is 1.52. The van der Waals surface area contributed by atoms with Crippen molar-refractivity contribution in [1.29, 1.82) is 0 Å². The summed E-state index contributed by atoms with van der Waals surface area (Å²) < 4.78 is 10.3. The van der Waals surface area contributed by atoms with Gasteiger partial charge in [0, 0.05) is 5.92 Å². The predicted molar refractivity (Wildman–Crippen MR) is 43.0 cm³/mol. The Labute approximate surface area is 71.0 Å². The van der Waals surface area contributed by atoms with Crippen molar-refractivity contribution in [1.82, 2.24) is 0 Å². The Bertz CT molecular complexity index is 266. The summed E-state index contributed by atoms with van der Waals surface area (Å²) in [7, 11) is 0. The molecule has 1 saturated heterocycles. The van der Waals surface area contributed by atoms with E-state index in [4.69, 9.17) is 9.15 Å². The molecule has 0 spiro atoms. The third kappa shape index (κ3) is 1.26. The number of aryl methyl sites for hydroxylation is 1. The highest BCUT2D eigenvalue weighted by Crippen LogP contribution is 2.26. The molecule has 0 aromatic carbocycles. The van der Waals surface area contributed by atoms with Gasteiger partial charge in [0.15, 0.2) is 0 Å². The van der Waals surface area contributed by atoms with Gasteiger partial charge in [-0.15, -0.1) is 0 Å². The van der Waals surface area contributed by atoms with Crippen LogP contribution in [-0.4, -0.2) is 24.4 Å². The first-order chi connectivity index (χ1) is 5.77. The van der Waals surface area contributed by atoms with Crippen LogP contribution in [0.1, 0.15) is 17.2 Å². The largest absolute Gasteiger partial charge is 0.469 e. The van der Waals surface area contributed by atoms with Crippen LogP contribution in [-0.2, 0) is 4.74 Å². The number of aliphatic hydroxyl groups excluding tert-OH is 1. The van der Waals surface area contributed by atoms with Gasteiger partial charge in [-0.1, -0.05) is 0 Å². The van der Waals surface area contributed by atoms with Crippen LogP contribution < -0.4 is 0 Å². The van der Waals surface area contributed by atoms with Gasteiger partial charge in [0.2, 0.25) is 0 Å². The lowest BCUT2D eigenvalue weighted by Crippen LogP contribution is -2.14. The number of hydrogen-bond donors (Lipinski definition) is 1. The van der Waals surface area contributed by atoms with Crippen molar-refractivity contribution in [3.63, 3.8) is 0 Å². The molecule has 0 unspecified atom stereocenters. The van der Waals surface area contributed by atoms with E-state index in [2.05, 4.69) is 0 Å². The van der Waals surface area contributed by atoms with Crippen molar-refractivity contribution < 1.29 is 14.3 Å². The third-order valence-electron chi connectivity index (χ3n) is 2.23. The van der Waals surface area contributed by atoms with Gasteiger partial charge in [-0.2, -0.15) is 0 Å². The molecule has 1 aliphatic heterocycles. The van der Waals surface area contributed by atoms with Gasteiger partial charge >= 0.3 is 0 Å². The molecule has 0 bridgehead atoms. The number of hydrogen-bond acceptors (Lipinski definition) is 3. The summed E-state index contributed by atoms with van der Waals surface area (Å²) in [6.45, 7) is 2.93. The first kappa shape index (κ1) is 7.83. The summed E-state index contributed by atoms with van der Waals surface area (Å²) in [5, 5.41) is 9.48. The van der Waals surface area contributed by atoms with E-state index in [-0.39, 0.29) is 12.0 Å². The zero-order chi connectivity index (χ0) is 8.55. The van der Waals surface area contributed by atoms with Gasteiger partial charge < -0.3 is 14.3 Å². The van der Waals surface area contributed by atoms with Gasteiger partial charge in [0.1, 0.15) is 5.76 Å². The Kier molecular flexibility index (Phi) is 1.90. The average Bonchev–Trinajstić information content (AvgIpc) is 2.58. The second-order valence-corrected chi connectivity index (χ2v) is 3.20. The molecule has 2 rings (SSSR count). The minimum absolute atomic E-state index is 0.0995. The van der Waals surface area contributed by atoms with Crippen LogP contribution in [0, 0.1) is 6.92 Å². The molecule has 1 N–H and O–H groups in total. The van der Waals surface area contributed by atoms with Crippen molar-refractivity contribution >= 4 is 0 Å². The van der Waals surface area contributed by atoms with Gasteiger partial charge in [0.25, 0.3) is 0 Å². The summed E-state index contributed by atoms with van der Waals surface area (Å²) in [4.78, 5) is 0. The van der Waals surface area contributed by atoms with E-state index in [1.165, 1.54) is 0 Å². The van der Waals surface area contributed by atoms with Crippen LogP contribution >= 0.6 is 0 Å². The van der Waals surface area contributed by atoms with E-state index >= 15 is 0 Å². The maximum absolute atomic E-state index is 9.48. The number of ether oxygens (including phenoxy) is 1. The standard InChI is InChI=1S/C9H12O3/c1-6-2-7(3-12-6)8-4-11-5-9(8)10/h2-3,8-10H,4-5H2,1H3/t8-,9+/m0/s1. The molecule has 0 amide bonds. The summed E-state index contributed by atoms with van der Waals surface area (Å²) in [6, 6.07) is 1.95. The van der Waals surface area contributed by atoms with Crippen molar-refractivity contribution in [3.05, 3.63) is 23.7 Å². The molecule has 66 valence electrons. The second-order valence-electron chi connectivity index (χ2n) is 3.20. The number of aliphatic hydroxyl groups is 1. The lowest BCUT2D eigenvalue weighted by atomic mass is 9.99. The first-order valence-corrected chi connectivity index (χ1v) is 4.08. The molecule has 2 atom stereocenters. The highest BCUT2D eigenvalue weighted by molar-refractivity contribution is 5.19. The topological polar surface area (TPSA) is 42.6 Å². The molecular formula is C9H12O3. The molecule has 3 nitrogen and oxygen atoms in total. The molecule has 0 radical (unpaired) electrons. The summed E-state index contributed by atoms with van der Waals surface area (Å²) >= 11 is 0. The average molecular weight is 168 g/mol. The van der Waals surface area contributed by atoms with E-state index < -0.39 is 0 Å². The molecular weight excluding hydrogens is 156 g/mol. The molecule has 1 aromatic heterocycles. The quantitative estimate of drug-likeness (QED) is 0.681. The van der Waals surface area contributed by atoms with Crippen LogP contribution in [0.2, 0.25) is 0 Å². The van der Waals surface area contributed by atoms with Crippen LogP contribution in [0.4, 0.5) is 0 Å². The number of furan rings is 1. The third-order valence-corrected chi connectivity index (χ3v) is 2.23. The smallest absolute Gasteiger partial charge is 0.100 e. The lowest BCUT2D eigenvalue weighted by Gasteiger charge is -2.08. The van der Waals surface area contributed by atoms with Crippen LogP contribution in [0.25, 0.3) is 0 Å². The second kappa shape index (κ2) is 2.92. The molecule has 1 aromatic rings. The first-order valence-electron chi connectivity index (χ1n) is 4.08. The Morgan fingerprint density at radius 3 is 2.83 bits per heavy atom. The number of rotatable bonds is 1. The minimum atomic E-state index is -0.373. The maximum atomic E-state index is 9.48. The zero-order valence-corrected chi connectivity index (χ0v) is 6.99. The Morgan fingerprint density at radius 1 is 1.50 bits per heavy atom. The molecule has 3 heteroatoms. The lowest BCUT2D eigenvalue weighted by molar-refractivity contribution is 0.124. The zero-order valence-electron chi connectivity index (χ0n) is 6.99. The molecule has 1 aliphatic rings. The fourth-order valence-electron chi connectivity index (χ4n) is 1.52. The van der Waals surface area contributed by atoms with E-state index in [0.717, 1.165) is 11.3 Å². The van der Waals surface area contributed by atoms with Gasteiger partial charge in [0.05, 0.1) is 25.6 Å². The Balaban J connectivity index is 2.19. The minimum Gasteiger partial charge on any atom is -0.469 e. The predicted octanol–water partition coefficient (Wildman–Crippen LogP) is 1.06. The van der Waals surface area contributed by atoms with Crippen molar-refractivity contribution in [2.75, 3.05) is 13.2 Å². The molecule has 2 heterocycles.